The number of carbonyl (C=O) groups excluding carboxylic acids is 2. The Labute approximate surface area is 252 Å². The number of methoxy groups -OCH3 is 2. The lowest BCUT2D eigenvalue weighted by Gasteiger charge is -2.21. The molecule has 9 heteroatoms. The molecule has 4 heterocycles. The summed E-state index contributed by atoms with van der Waals surface area (Å²) >= 11 is 0. The first kappa shape index (κ1) is 28.6. The Morgan fingerprint density at radius 1 is 0.767 bits per heavy atom. The number of nitrogens with zero attached hydrogens (tertiary/aromatic N) is 3. The normalized spacial score (nSPS) is 20.3. The van der Waals surface area contributed by atoms with Crippen molar-refractivity contribution in [3.8, 4) is 23.0 Å². The topological polar surface area (TPSA) is 89.9 Å². The van der Waals surface area contributed by atoms with Gasteiger partial charge in [0.25, 0.3) is 11.8 Å². The zero-order chi connectivity index (χ0) is 30.1. The number of benzene rings is 2. The standard InChI is InChI=1S/C34H37N3O6/c1-21-12-24-9-8-23-14-31(29(40-3)15-26(23)33(38)36(24)19-21)42-10-6-5-7-11-43-32-17-28-27(16-30(32)41-4)34(39)37-20-22(2)13-25(37)18-35-28/h8-9,14-18,24-25H,1-2,5-7,10-13,19-20H2,3-4H3/t24-,25+/m1/s1. The fraction of sp³-hybridized carbons (Fsp3) is 0.382. The molecule has 2 amide bonds. The van der Waals surface area contributed by atoms with E-state index in [0.29, 0.717) is 66.1 Å². The summed E-state index contributed by atoms with van der Waals surface area (Å²) in [5.74, 6) is 2.16. The predicted octanol–water partition coefficient (Wildman–Crippen LogP) is 5.62. The van der Waals surface area contributed by atoms with Gasteiger partial charge in [0.2, 0.25) is 0 Å². The molecule has 4 aliphatic rings. The molecule has 2 atom stereocenters. The maximum absolute atomic E-state index is 13.2. The minimum Gasteiger partial charge on any atom is -0.493 e. The van der Waals surface area contributed by atoms with E-state index < -0.39 is 0 Å². The molecular formula is C34H37N3O6. The first-order valence-electron chi connectivity index (χ1n) is 14.7. The first-order chi connectivity index (χ1) is 20.9. The van der Waals surface area contributed by atoms with E-state index in [1.807, 2.05) is 23.3 Å². The third-order valence-corrected chi connectivity index (χ3v) is 8.37. The van der Waals surface area contributed by atoms with Gasteiger partial charge >= 0.3 is 0 Å². The van der Waals surface area contributed by atoms with Crippen molar-refractivity contribution in [2.45, 2.75) is 44.2 Å². The van der Waals surface area contributed by atoms with Gasteiger partial charge in [-0.25, -0.2) is 0 Å². The number of hydrogen-bond acceptors (Lipinski definition) is 7. The number of rotatable bonds is 10. The van der Waals surface area contributed by atoms with Gasteiger partial charge in [-0.1, -0.05) is 36.5 Å². The molecule has 0 aliphatic carbocycles. The van der Waals surface area contributed by atoms with E-state index in [-0.39, 0.29) is 23.9 Å². The Kier molecular flexibility index (Phi) is 7.97. The summed E-state index contributed by atoms with van der Waals surface area (Å²) in [5, 5.41) is 0. The van der Waals surface area contributed by atoms with Crippen LogP contribution in [0.25, 0.3) is 6.08 Å². The first-order valence-corrected chi connectivity index (χ1v) is 14.7. The van der Waals surface area contributed by atoms with Gasteiger partial charge in [-0.2, -0.15) is 0 Å². The van der Waals surface area contributed by atoms with Crippen molar-refractivity contribution in [1.29, 1.82) is 0 Å². The predicted molar refractivity (Wildman–Crippen MR) is 165 cm³/mol. The lowest BCUT2D eigenvalue weighted by Crippen LogP contribution is -2.35. The number of aliphatic imine (C=N–C) groups is 1. The van der Waals surface area contributed by atoms with E-state index in [9.17, 15) is 9.59 Å². The fourth-order valence-electron chi connectivity index (χ4n) is 6.11. The van der Waals surface area contributed by atoms with Gasteiger partial charge in [0.05, 0.1) is 56.3 Å². The van der Waals surface area contributed by atoms with Gasteiger partial charge in [-0.15, -0.1) is 0 Å². The SMILES string of the molecule is C=C1C[C@H]2C=Cc3cc(OCCCCCOc4cc5c(cc4OC)C(=O)N4CC(=C)C[C@H]4C=N5)c(OC)cc3C(=O)N2C1. The molecule has 9 nitrogen and oxygen atoms in total. The lowest BCUT2D eigenvalue weighted by molar-refractivity contribution is 0.0762. The molecule has 0 spiro atoms. The fourth-order valence-corrected chi connectivity index (χ4v) is 6.11. The summed E-state index contributed by atoms with van der Waals surface area (Å²) in [6.07, 6.45) is 9.94. The average Bonchev–Trinajstić information content (AvgIpc) is 3.51. The van der Waals surface area contributed by atoms with Crippen LogP contribution in [0, 0.1) is 0 Å². The zero-order valence-corrected chi connectivity index (χ0v) is 24.8. The van der Waals surface area contributed by atoms with Crippen LogP contribution in [0.2, 0.25) is 0 Å². The van der Waals surface area contributed by atoms with Gasteiger partial charge in [0.1, 0.15) is 0 Å². The summed E-state index contributed by atoms with van der Waals surface area (Å²) in [6, 6.07) is 7.16. The van der Waals surface area contributed by atoms with Crippen molar-refractivity contribution in [2.75, 3.05) is 40.5 Å². The zero-order valence-electron chi connectivity index (χ0n) is 24.8. The van der Waals surface area contributed by atoms with E-state index in [4.69, 9.17) is 18.9 Å². The molecule has 0 bridgehead atoms. The second-order valence-corrected chi connectivity index (χ2v) is 11.4. The number of carbonyl (C=O) groups is 2. The van der Waals surface area contributed by atoms with Crippen molar-refractivity contribution in [3.63, 3.8) is 0 Å². The highest BCUT2D eigenvalue weighted by atomic mass is 16.5. The maximum atomic E-state index is 13.2. The van der Waals surface area contributed by atoms with Crippen molar-refractivity contribution < 1.29 is 28.5 Å². The maximum Gasteiger partial charge on any atom is 0.257 e. The van der Waals surface area contributed by atoms with E-state index in [0.717, 1.165) is 48.8 Å². The van der Waals surface area contributed by atoms with E-state index in [1.54, 1.807) is 37.3 Å². The number of fused-ring (bicyclic) bond motifs is 4. The van der Waals surface area contributed by atoms with Crippen LogP contribution in [0.4, 0.5) is 5.69 Å². The highest BCUT2D eigenvalue weighted by Gasteiger charge is 2.35. The second-order valence-electron chi connectivity index (χ2n) is 11.4. The Hall–Kier alpha value is -4.53. The van der Waals surface area contributed by atoms with Crippen molar-refractivity contribution >= 4 is 29.8 Å². The van der Waals surface area contributed by atoms with Crippen molar-refractivity contribution in [2.24, 2.45) is 4.99 Å². The average molecular weight is 584 g/mol. The molecule has 2 aromatic rings. The summed E-state index contributed by atoms with van der Waals surface area (Å²) in [5.41, 5.74) is 4.65. The Bertz CT molecular complexity index is 1430. The number of hydrogen-bond donors (Lipinski definition) is 0. The van der Waals surface area contributed by atoms with E-state index in [2.05, 4.69) is 24.2 Å². The summed E-state index contributed by atoms with van der Waals surface area (Å²) < 4.78 is 23.3. The molecule has 0 aromatic heterocycles. The van der Waals surface area contributed by atoms with Crippen LogP contribution >= 0.6 is 0 Å². The second kappa shape index (κ2) is 12.0. The molecule has 6 rings (SSSR count). The molecular weight excluding hydrogens is 546 g/mol. The minimum absolute atomic E-state index is 0.00960. The van der Waals surface area contributed by atoms with Crippen LogP contribution < -0.4 is 18.9 Å². The van der Waals surface area contributed by atoms with Gasteiger partial charge in [0.15, 0.2) is 23.0 Å². The monoisotopic (exact) mass is 583 g/mol. The molecule has 0 saturated carbocycles. The Morgan fingerprint density at radius 3 is 2.02 bits per heavy atom. The molecule has 0 N–H and O–H groups in total. The minimum atomic E-state index is -0.0682. The van der Waals surface area contributed by atoms with Crippen LogP contribution in [0.5, 0.6) is 23.0 Å². The van der Waals surface area contributed by atoms with E-state index >= 15 is 0 Å². The quantitative estimate of drug-likeness (QED) is 0.267. The molecule has 2 saturated heterocycles. The third kappa shape index (κ3) is 5.63. The van der Waals surface area contributed by atoms with Gasteiger partial charge in [-0.3, -0.25) is 14.6 Å². The van der Waals surface area contributed by atoms with Crippen LogP contribution in [0.15, 0.2) is 59.6 Å². The van der Waals surface area contributed by atoms with Gasteiger partial charge < -0.3 is 28.7 Å². The largest absolute Gasteiger partial charge is 0.493 e. The lowest BCUT2D eigenvalue weighted by atomic mass is 10.0. The van der Waals surface area contributed by atoms with E-state index in [1.165, 1.54) is 0 Å². The molecule has 2 aromatic carbocycles. The molecule has 0 unspecified atom stereocenters. The molecule has 4 aliphatic heterocycles. The van der Waals surface area contributed by atoms with Crippen molar-refractivity contribution in [1.82, 2.24) is 9.80 Å². The summed E-state index contributed by atoms with van der Waals surface area (Å²) in [6.45, 7) is 10.2. The smallest absolute Gasteiger partial charge is 0.257 e. The highest BCUT2D eigenvalue weighted by molar-refractivity contribution is 6.04. The van der Waals surface area contributed by atoms with Crippen molar-refractivity contribution in [3.05, 3.63) is 71.3 Å². The number of unbranched alkanes of at least 4 members (excludes halogenated alkanes) is 2. The van der Waals surface area contributed by atoms with Crippen LogP contribution in [-0.2, 0) is 0 Å². The summed E-state index contributed by atoms with van der Waals surface area (Å²) in [7, 11) is 3.15. The number of ether oxygens (including phenoxy) is 4. The van der Waals surface area contributed by atoms with Gasteiger partial charge in [-0.05, 0) is 55.9 Å². The molecule has 0 radical (unpaired) electrons. The molecule has 43 heavy (non-hydrogen) atoms. The van der Waals surface area contributed by atoms with Crippen LogP contribution in [-0.4, -0.2) is 80.4 Å². The highest BCUT2D eigenvalue weighted by Crippen LogP contribution is 2.39. The summed E-state index contributed by atoms with van der Waals surface area (Å²) in [4.78, 5) is 34.6. The Balaban J connectivity index is 1.02. The number of amides is 2. The van der Waals surface area contributed by atoms with Crippen LogP contribution in [0.3, 0.4) is 0 Å². The molecule has 224 valence electrons. The van der Waals surface area contributed by atoms with Crippen LogP contribution in [0.1, 0.15) is 58.4 Å². The third-order valence-electron chi connectivity index (χ3n) is 8.37. The Morgan fingerprint density at radius 2 is 1.35 bits per heavy atom. The molecule has 2 fully saturated rings. The van der Waals surface area contributed by atoms with Gasteiger partial charge in [0, 0.05) is 25.4 Å².